The van der Waals surface area contributed by atoms with Crippen LogP contribution in [0.2, 0.25) is 0 Å². The van der Waals surface area contributed by atoms with Crippen LogP contribution in [0.25, 0.3) is 0 Å². The molecule has 3 heteroatoms. The van der Waals surface area contributed by atoms with Gasteiger partial charge >= 0.3 is 0 Å². The number of para-hydroxylation sites is 1. The van der Waals surface area contributed by atoms with Gasteiger partial charge in [-0.15, -0.1) is 0 Å². The van der Waals surface area contributed by atoms with Gasteiger partial charge in [0.1, 0.15) is 11.0 Å². The molecule has 0 aromatic heterocycles. The highest BCUT2D eigenvalue weighted by Gasteiger charge is 2.00. The highest BCUT2D eigenvalue weighted by molar-refractivity contribution is 7.86. The van der Waals surface area contributed by atoms with E-state index in [1.54, 1.807) is 0 Å². The standard InChI is InChI=1S/C14H15NOS/c16-17(15-14-9-5-2-6-10-14)12-11-13-7-3-1-4-8-13/h1-10,15H,11-12H2. The minimum absolute atomic E-state index is 0.624. The Morgan fingerprint density at radius 3 is 2.12 bits per heavy atom. The summed E-state index contributed by atoms with van der Waals surface area (Å²) in [6.45, 7) is 0. The number of hydrogen-bond donors (Lipinski definition) is 1. The quantitative estimate of drug-likeness (QED) is 0.862. The largest absolute Gasteiger partial charge is 0.305 e. The molecule has 0 aliphatic heterocycles. The summed E-state index contributed by atoms with van der Waals surface area (Å²) in [4.78, 5) is 0. The van der Waals surface area contributed by atoms with Crippen LogP contribution in [0.1, 0.15) is 5.56 Å². The second kappa shape index (κ2) is 6.21. The van der Waals surface area contributed by atoms with Crippen LogP contribution >= 0.6 is 0 Å². The topological polar surface area (TPSA) is 29.1 Å². The molecular weight excluding hydrogens is 230 g/mol. The molecule has 17 heavy (non-hydrogen) atoms. The molecule has 1 unspecified atom stereocenters. The van der Waals surface area contributed by atoms with E-state index in [0.29, 0.717) is 5.75 Å². The first-order chi connectivity index (χ1) is 8.34. The van der Waals surface area contributed by atoms with Crippen molar-refractivity contribution in [2.45, 2.75) is 6.42 Å². The summed E-state index contributed by atoms with van der Waals surface area (Å²) in [5, 5.41) is 0. The second-order valence-corrected chi connectivity index (χ2v) is 5.06. The van der Waals surface area contributed by atoms with Gasteiger partial charge in [-0.25, -0.2) is 4.21 Å². The van der Waals surface area contributed by atoms with Crippen LogP contribution in [0.15, 0.2) is 60.7 Å². The van der Waals surface area contributed by atoms with Crippen LogP contribution in [0.4, 0.5) is 5.69 Å². The predicted molar refractivity (Wildman–Crippen MR) is 73.2 cm³/mol. The first-order valence-corrected chi connectivity index (χ1v) is 6.90. The number of rotatable bonds is 5. The van der Waals surface area contributed by atoms with E-state index < -0.39 is 11.0 Å². The molecule has 2 nitrogen and oxygen atoms in total. The molecule has 2 rings (SSSR count). The molecule has 2 aromatic carbocycles. The van der Waals surface area contributed by atoms with Crippen molar-refractivity contribution in [1.29, 1.82) is 0 Å². The second-order valence-electron chi connectivity index (χ2n) is 3.75. The number of hydrogen-bond acceptors (Lipinski definition) is 1. The van der Waals surface area contributed by atoms with Gasteiger partial charge in [-0.3, -0.25) is 0 Å². The lowest BCUT2D eigenvalue weighted by Gasteiger charge is -2.05. The van der Waals surface area contributed by atoms with Crippen LogP contribution in [0, 0.1) is 0 Å². The van der Waals surface area contributed by atoms with Crippen molar-refractivity contribution in [3.63, 3.8) is 0 Å². The molecule has 2 aromatic rings. The molecule has 1 N–H and O–H groups in total. The number of benzene rings is 2. The summed E-state index contributed by atoms with van der Waals surface area (Å²) < 4.78 is 14.8. The van der Waals surface area contributed by atoms with Gasteiger partial charge in [0.25, 0.3) is 0 Å². The molecule has 88 valence electrons. The van der Waals surface area contributed by atoms with Crippen molar-refractivity contribution in [2.24, 2.45) is 0 Å². The Kier molecular flexibility index (Phi) is 4.33. The van der Waals surface area contributed by atoms with E-state index in [1.165, 1.54) is 5.56 Å². The van der Waals surface area contributed by atoms with E-state index in [9.17, 15) is 4.21 Å². The number of nitrogens with one attached hydrogen (secondary N) is 1. The minimum Gasteiger partial charge on any atom is -0.305 e. The molecular formula is C14H15NOS. The van der Waals surface area contributed by atoms with Crippen molar-refractivity contribution in [1.82, 2.24) is 0 Å². The fourth-order valence-corrected chi connectivity index (χ4v) is 2.47. The molecule has 0 amide bonds. The Morgan fingerprint density at radius 2 is 1.47 bits per heavy atom. The maximum Gasteiger partial charge on any atom is 0.117 e. The van der Waals surface area contributed by atoms with E-state index in [-0.39, 0.29) is 0 Å². The van der Waals surface area contributed by atoms with Crippen molar-refractivity contribution in [2.75, 3.05) is 10.5 Å². The van der Waals surface area contributed by atoms with Crippen LogP contribution in [0.5, 0.6) is 0 Å². The highest BCUT2D eigenvalue weighted by atomic mass is 32.2. The normalized spacial score (nSPS) is 12.0. The zero-order valence-corrected chi connectivity index (χ0v) is 10.3. The fraction of sp³-hybridized carbons (Fsp3) is 0.143. The molecule has 0 spiro atoms. The SMILES string of the molecule is O=S(CCc1ccccc1)Nc1ccccc1. The van der Waals surface area contributed by atoms with Gasteiger partial charge in [-0.2, -0.15) is 0 Å². The molecule has 0 bridgehead atoms. The minimum atomic E-state index is -1.02. The van der Waals surface area contributed by atoms with Gasteiger partial charge in [0.2, 0.25) is 0 Å². The Bertz CT molecular complexity index is 470. The zero-order valence-electron chi connectivity index (χ0n) is 9.50. The van der Waals surface area contributed by atoms with Crippen molar-refractivity contribution >= 4 is 16.7 Å². The van der Waals surface area contributed by atoms with E-state index >= 15 is 0 Å². The molecule has 1 atom stereocenters. The Balaban J connectivity index is 1.83. The van der Waals surface area contributed by atoms with Crippen LogP contribution in [-0.2, 0) is 17.4 Å². The smallest absolute Gasteiger partial charge is 0.117 e. The third-order valence-electron chi connectivity index (χ3n) is 2.42. The first-order valence-electron chi connectivity index (χ1n) is 5.58. The van der Waals surface area contributed by atoms with Gasteiger partial charge in [-0.1, -0.05) is 48.5 Å². The summed E-state index contributed by atoms with van der Waals surface area (Å²) in [6, 6.07) is 19.7. The lowest BCUT2D eigenvalue weighted by atomic mass is 10.2. The molecule has 0 radical (unpaired) electrons. The van der Waals surface area contributed by atoms with Gasteiger partial charge < -0.3 is 4.72 Å². The molecule has 0 heterocycles. The van der Waals surface area contributed by atoms with Crippen molar-refractivity contribution < 1.29 is 4.21 Å². The Hall–Kier alpha value is -1.61. The fourth-order valence-electron chi connectivity index (χ4n) is 1.54. The van der Waals surface area contributed by atoms with Gasteiger partial charge in [0.05, 0.1) is 0 Å². The summed E-state index contributed by atoms with van der Waals surface area (Å²) in [6.07, 6.45) is 0.827. The van der Waals surface area contributed by atoms with Crippen LogP contribution < -0.4 is 4.72 Å². The third kappa shape index (κ3) is 4.04. The van der Waals surface area contributed by atoms with Gasteiger partial charge in [-0.05, 0) is 24.1 Å². The summed E-state index contributed by atoms with van der Waals surface area (Å²) in [5.74, 6) is 0.624. The predicted octanol–water partition coefficient (Wildman–Crippen LogP) is 3.00. The molecule has 0 saturated carbocycles. The zero-order chi connectivity index (χ0) is 11.9. The van der Waals surface area contributed by atoms with E-state index in [1.807, 2.05) is 48.5 Å². The lowest BCUT2D eigenvalue weighted by Crippen LogP contribution is -2.10. The molecule has 0 fully saturated rings. The Labute approximate surface area is 104 Å². The van der Waals surface area contributed by atoms with E-state index in [2.05, 4.69) is 16.9 Å². The number of aryl methyl sites for hydroxylation is 1. The van der Waals surface area contributed by atoms with Crippen molar-refractivity contribution in [3.8, 4) is 0 Å². The summed E-state index contributed by atoms with van der Waals surface area (Å²) >= 11 is 0. The highest BCUT2D eigenvalue weighted by Crippen LogP contribution is 2.07. The summed E-state index contributed by atoms with van der Waals surface area (Å²) in [5.41, 5.74) is 2.12. The lowest BCUT2D eigenvalue weighted by molar-refractivity contribution is 0.685. The first kappa shape index (κ1) is 11.9. The average molecular weight is 245 g/mol. The maximum atomic E-state index is 11.8. The van der Waals surface area contributed by atoms with E-state index in [4.69, 9.17) is 0 Å². The van der Waals surface area contributed by atoms with Crippen LogP contribution in [0.3, 0.4) is 0 Å². The summed E-state index contributed by atoms with van der Waals surface area (Å²) in [7, 11) is -1.02. The molecule has 0 saturated heterocycles. The molecule has 0 aliphatic rings. The van der Waals surface area contributed by atoms with Crippen molar-refractivity contribution in [3.05, 3.63) is 66.2 Å². The van der Waals surface area contributed by atoms with Crippen LogP contribution in [-0.4, -0.2) is 9.96 Å². The average Bonchev–Trinajstić information content (AvgIpc) is 2.39. The van der Waals surface area contributed by atoms with Gasteiger partial charge in [0, 0.05) is 11.4 Å². The monoisotopic (exact) mass is 245 g/mol. The Morgan fingerprint density at radius 1 is 0.882 bits per heavy atom. The third-order valence-corrected chi connectivity index (χ3v) is 3.46. The number of anilines is 1. The maximum absolute atomic E-state index is 11.8. The van der Waals surface area contributed by atoms with Gasteiger partial charge in [0.15, 0.2) is 0 Å². The molecule has 0 aliphatic carbocycles. The van der Waals surface area contributed by atoms with E-state index in [0.717, 1.165) is 12.1 Å².